The zero-order valence-corrected chi connectivity index (χ0v) is 14.0. The summed E-state index contributed by atoms with van der Waals surface area (Å²) in [6.07, 6.45) is -0.0758. The highest BCUT2D eigenvalue weighted by molar-refractivity contribution is 5.89. The van der Waals surface area contributed by atoms with Gasteiger partial charge in [0, 0.05) is 6.42 Å². The summed E-state index contributed by atoms with van der Waals surface area (Å²) in [7, 11) is 0. The summed E-state index contributed by atoms with van der Waals surface area (Å²) in [5, 5.41) is 4.73. The number of primary amides is 1. The molecule has 0 aromatic rings. The van der Waals surface area contributed by atoms with Gasteiger partial charge in [-0.2, -0.15) is 0 Å². The fourth-order valence-corrected chi connectivity index (χ4v) is 1.48. The highest BCUT2D eigenvalue weighted by Crippen LogP contribution is 2.10. The van der Waals surface area contributed by atoms with E-state index in [1.165, 1.54) is 6.92 Å². The third kappa shape index (κ3) is 10.2. The van der Waals surface area contributed by atoms with Crippen LogP contribution in [0.25, 0.3) is 0 Å². The SMILES string of the molecule is CC(N)C(=O)NCC(=O)NC(CCC(N)=O)C(=O)OC(C)(C)C. The number of carbonyl (C=O) groups is 4. The van der Waals surface area contributed by atoms with E-state index in [-0.39, 0.29) is 19.4 Å². The molecule has 0 aliphatic rings. The summed E-state index contributed by atoms with van der Waals surface area (Å²) in [4.78, 5) is 46.0. The van der Waals surface area contributed by atoms with Crippen LogP contribution in [-0.2, 0) is 23.9 Å². The van der Waals surface area contributed by atoms with Crippen molar-refractivity contribution < 1.29 is 23.9 Å². The van der Waals surface area contributed by atoms with Gasteiger partial charge in [0.25, 0.3) is 0 Å². The van der Waals surface area contributed by atoms with Crippen LogP contribution in [0.2, 0.25) is 0 Å². The molecule has 0 aromatic carbocycles. The van der Waals surface area contributed by atoms with Crippen molar-refractivity contribution in [1.29, 1.82) is 0 Å². The average Bonchev–Trinajstić information content (AvgIpc) is 2.38. The van der Waals surface area contributed by atoms with Crippen LogP contribution in [0.3, 0.4) is 0 Å². The molecular weight excluding hydrogens is 304 g/mol. The lowest BCUT2D eigenvalue weighted by atomic mass is 10.1. The fraction of sp³-hybridized carbons (Fsp3) is 0.714. The molecule has 0 radical (unpaired) electrons. The number of amides is 3. The molecule has 3 amide bonds. The van der Waals surface area contributed by atoms with Crippen molar-refractivity contribution in [1.82, 2.24) is 10.6 Å². The second kappa shape index (κ2) is 9.09. The number of ether oxygens (including phenoxy) is 1. The van der Waals surface area contributed by atoms with E-state index in [0.717, 1.165) is 0 Å². The molecule has 0 spiro atoms. The lowest BCUT2D eigenvalue weighted by Crippen LogP contribution is -2.49. The van der Waals surface area contributed by atoms with Crippen molar-refractivity contribution in [3.05, 3.63) is 0 Å². The van der Waals surface area contributed by atoms with Gasteiger partial charge in [0.15, 0.2) is 0 Å². The smallest absolute Gasteiger partial charge is 0.329 e. The third-order valence-electron chi connectivity index (χ3n) is 2.54. The van der Waals surface area contributed by atoms with Crippen LogP contribution in [0.4, 0.5) is 0 Å². The summed E-state index contributed by atoms with van der Waals surface area (Å²) >= 11 is 0. The standard InChI is InChI=1S/C14H26N4O5/c1-8(15)12(21)17-7-11(20)18-9(5-6-10(16)19)13(22)23-14(2,3)4/h8-9H,5-7,15H2,1-4H3,(H2,16,19)(H,17,21)(H,18,20). The van der Waals surface area contributed by atoms with Gasteiger partial charge >= 0.3 is 5.97 Å². The van der Waals surface area contributed by atoms with E-state index in [2.05, 4.69) is 10.6 Å². The second-order valence-corrected chi connectivity index (χ2v) is 6.17. The van der Waals surface area contributed by atoms with Crippen molar-refractivity contribution >= 4 is 23.7 Å². The summed E-state index contributed by atoms with van der Waals surface area (Å²) in [6.45, 7) is 6.18. The number of hydrogen-bond donors (Lipinski definition) is 4. The highest BCUT2D eigenvalue weighted by atomic mass is 16.6. The molecule has 0 heterocycles. The Morgan fingerprint density at radius 3 is 2.17 bits per heavy atom. The minimum atomic E-state index is -1.03. The first-order valence-electron chi connectivity index (χ1n) is 7.26. The van der Waals surface area contributed by atoms with Crippen LogP contribution >= 0.6 is 0 Å². The third-order valence-corrected chi connectivity index (χ3v) is 2.54. The minimum Gasteiger partial charge on any atom is -0.458 e. The van der Waals surface area contributed by atoms with Crippen molar-refractivity contribution in [3.63, 3.8) is 0 Å². The summed E-state index contributed by atoms with van der Waals surface area (Å²) < 4.78 is 5.18. The zero-order chi connectivity index (χ0) is 18.2. The maximum absolute atomic E-state index is 12.1. The molecule has 6 N–H and O–H groups in total. The minimum absolute atomic E-state index is 0.0111. The van der Waals surface area contributed by atoms with Gasteiger partial charge in [0.2, 0.25) is 17.7 Å². The van der Waals surface area contributed by atoms with Gasteiger partial charge in [0.05, 0.1) is 12.6 Å². The fourth-order valence-electron chi connectivity index (χ4n) is 1.48. The van der Waals surface area contributed by atoms with Crippen LogP contribution < -0.4 is 22.1 Å². The van der Waals surface area contributed by atoms with Crippen molar-refractivity contribution in [2.45, 2.75) is 58.2 Å². The molecule has 9 heteroatoms. The Morgan fingerprint density at radius 1 is 1.17 bits per heavy atom. The van der Waals surface area contributed by atoms with Gasteiger partial charge in [-0.15, -0.1) is 0 Å². The Kier molecular flexibility index (Phi) is 8.23. The van der Waals surface area contributed by atoms with Crippen molar-refractivity contribution in [2.24, 2.45) is 11.5 Å². The largest absolute Gasteiger partial charge is 0.458 e. The number of nitrogens with two attached hydrogens (primary N) is 2. The molecule has 0 bridgehead atoms. The van der Waals surface area contributed by atoms with Gasteiger partial charge in [-0.3, -0.25) is 14.4 Å². The summed E-state index contributed by atoms with van der Waals surface area (Å²) in [5.41, 5.74) is 9.67. The number of esters is 1. The van der Waals surface area contributed by atoms with E-state index in [4.69, 9.17) is 16.2 Å². The quantitative estimate of drug-likeness (QED) is 0.399. The zero-order valence-electron chi connectivity index (χ0n) is 14.0. The molecular formula is C14H26N4O5. The number of hydrogen-bond acceptors (Lipinski definition) is 6. The van der Waals surface area contributed by atoms with E-state index in [1.807, 2.05) is 0 Å². The van der Waals surface area contributed by atoms with Crippen LogP contribution in [0.15, 0.2) is 0 Å². The molecule has 23 heavy (non-hydrogen) atoms. The molecule has 2 atom stereocenters. The van der Waals surface area contributed by atoms with E-state index in [1.54, 1.807) is 20.8 Å². The van der Waals surface area contributed by atoms with Crippen LogP contribution in [-0.4, -0.2) is 47.9 Å². The Labute approximate surface area is 135 Å². The molecule has 0 aromatic heterocycles. The molecule has 0 fully saturated rings. The number of carbonyl (C=O) groups excluding carboxylic acids is 4. The normalized spacial score (nSPS) is 13.6. The van der Waals surface area contributed by atoms with Crippen LogP contribution in [0.1, 0.15) is 40.5 Å². The second-order valence-electron chi connectivity index (χ2n) is 6.17. The van der Waals surface area contributed by atoms with E-state index >= 15 is 0 Å². The van der Waals surface area contributed by atoms with Gasteiger partial charge in [-0.25, -0.2) is 4.79 Å². The van der Waals surface area contributed by atoms with Gasteiger partial charge in [-0.05, 0) is 34.1 Å². The molecule has 0 saturated heterocycles. The molecule has 0 rings (SSSR count). The lowest BCUT2D eigenvalue weighted by molar-refractivity contribution is -0.158. The summed E-state index contributed by atoms with van der Waals surface area (Å²) in [6, 6.07) is -1.78. The number of rotatable bonds is 8. The molecule has 132 valence electrons. The van der Waals surface area contributed by atoms with Gasteiger partial charge < -0.3 is 26.8 Å². The number of nitrogens with one attached hydrogen (secondary N) is 2. The molecule has 0 aliphatic carbocycles. The molecule has 0 aliphatic heterocycles. The Morgan fingerprint density at radius 2 is 1.74 bits per heavy atom. The first kappa shape index (κ1) is 20.8. The predicted molar refractivity (Wildman–Crippen MR) is 82.9 cm³/mol. The van der Waals surface area contributed by atoms with E-state index in [0.29, 0.717) is 0 Å². The van der Waals surface area contributed by atoms with Crippen LogP contribution in [0, 0.1) is 0 Å². The molecule has 2 unspecified atom stereocenters. The maximum atomic E-state index is 12.1. The predicted octanol–water partition coefficient (Wildman–Crippen LogP) is -1.46. The monoisotopic (exact) mass is 330 g/mol. The lowest BCUT2D eigenvalue weighted by Gasteiger charge is -2.24. The molecule has 9 nitrogen and oxygen atoms in total. The molecule has 0 saturated carbocycles. The van der Waals surface area contributed by atoms with Crippen LogP contribution in [0.5, 0.6) is 0 Å². The first-order chi connectivity index (χ1) is 10.4. The Bertz CT molecular complexity index is 457. The van der Waals surface area contributed by atoms with Gasteiger partial charge in [-0.1, -0.05) is 0 Å². The maximum Gasteiger partial charge on any atom is 0.329 e. The first-order valence-corrected chi connectivity index (χ1v) is 7.26. The topological polar surface area (TPSA) is 154 Å². The van der Waals surface area contributed by atoms with E-state index in [9.17, 15) is 19.2 Å². The Hall–Kier alpha value is -2.16. The summed E-state index contributed by atoms with van der Waals surface area (Å²) in [5.74, 6) is -2.37. The van der Waals surface area contributed by atoms with Gasteiger partial charge in [0.1, 0.15) is 11.6 Å². The Balaban J connectivity index is 4.67. The van der Waals surface area contributed by atoms with Crippen molar-refractivity contribution in [2.75, 3.05) is 6.54 Å². The van der Waals surface area contributed by atoms with E-state index < -0.39 is 41.4 Å². The van der Waals surface area contributed by atoms with Crippen molar-refractivity contribution in [3.8, 4) is 0 Å². The highest BCUT2D eigenvalue weighted by Gasteiger charge is 2.27. The average molecular weight is 330 g/mol.